The number of oxazole rings is 1. The van der Waals surface area contributed by atoms with Gasteiger partial charge in [0.2, 0.25) is 0 Å². The monoisotopic (exact) mass is 496 g/mol. The van der Waals surface area contributed by atoms with E-state index in [9.17, 15) is 9.90 Å². The number of benzene rings is 2. The molecule has 0 radical (unpaired) electrons. The number of nitrogens with zero attached hydrogens (tertiary/aromatic N) is 5. The molecule has 0 spiro atoms. The fraction of sp³-hybridized carbons (Fsp3) is 0.296. The first-order valence-corrected chi connectivity index (χ1v) is 12.3. The van der Waals surface area contributed by atoms with Crippen LogP contribution in [0.25, 0.3) is 33.4 Å². The minimum atomic E-state index is -0.979. The molecule has 1 aliphatic rings. The molecule has 6 rings (SSSR count). The normalized spacial score (nSPS) is 17.9. The number of rotatable bonds is 5. The molecule has 0 aliphatic heterocycles. The summed E-state index contributed by atoms with van der Waals surface area (Å²) in [4.78, 5) is 24.5. The predicted octanol–water partition coefficient (Wildman–Crippen LogP) is 4.06. The van der Waals surface area contributed by atoms with E-state index in [0.717, 1.165) is 33.5 Å². The fourth-order valence-electron chi connectivity index (χ4n) is 5.27. The van der Waals surface area contributed by atoms with Crippen molar-refractivity contribution in [2.75, 3.05) is 11.1 Å². The quantitative estimate of drug-likeness (QED) is 0.367. The summed E-state index contributed by atoms with van der Waals surface area (Å²) in [5.41, 5.74) is 13.1. The molecule has 3 N–H and O–H groups in total. The molecule has 3 heterocycles. The maximum atomic E-state index is 11.3. The number of nitrogens with two attached hydrogens (primary N) is 1. The lowest BCUT2D eigenvalue weighted by Crippen LogP contribution is -2.34. The Bertz CT molecular complexity index is 1630. The van der Waals surface area contributed by atoms with Crippen LogP contribution in [0.1, 0.15) is 42.9 Å². The number of aryl methyl sites for hydroxylation is 2. The van der Waals surface area contributed by atoms with Crippen molar-refractivity contribution in [1.29, 1.82) is 0 Å². The van der Waals surface area contributed by atoms with E-state index < -0.39 is 11.9 Å². The number of anilines is 3. The van der Waals surface area contributed by atoms with Gasteiger partial charge in [-0.15, -0.1) is 0 Å². The van der Waals surface area contributed by atoms with Gasteiger partial charge in [-0.05, 0) is 74.8 Å². The van der Waals surface area contributed by atoms with E-state index in [1.54, 1.807) is 0 Å². The minimum absolute atomic E-state index is 0.0355. The van der Waals surface area contributed by atoms with Gasteiger partial charge in [0.25, 0.3) is 6.01 Å². The zero-order chi connectivity index (χ0) is 25.7. The van der Waals surface area contributed by atoms with Crippen LogP contribution in [0, 0.1) is 19.8 Å². The van der Waals surface area contributed by atoms with Crippen LogP contribution in [0.15, 0.2) is 47.1 Å². The number of nitrogen functional groups attached to an aromatic ring is 1. The molecule has 2 aromatic carbocycles. The molecule has 188 valence electrons. The molecule has 0 atom stereocenters. The number of hydrogen-bond acceptors (Lipinski definition) is 9. The average molecular weight is 497 g/mol. The molecule has 1 aliphatic carbocycles. The highest BCUT2D eigenvalue weighted by atomic mass is 16.4. The summed E-state index contributed by atoms with van der Waals surface area (Å²) in [6.45, 7) is 4.04. The maximum absolute atomic E-state index is 11.3. The Morgan fingerprint density at radius 2 is 1.86 bits per heavy atom. The summed E-state index contributed by atoms with van der Waals surface area (Å²) in [6, 6.07) is 12.3. The van der Waals surface area contributed by atoms with Gasteiger partial charge in [0.15, 0.2) is 11.2 Å². The number of nitrogens with one attached hydrogen (secondary N) is 1. The number of carboxylic acids is 1. The first-order chi connectivity index (χ1) is 17.9. The van der Waals surface area contributed by atoms with E-state index in [-0.39, 0.29) is 6.04 Å². The van der Waals surface area contributed by atoms with Crippen LogP contribution >= 0.6 is 0 Å². The molecule has 0 unspecified atom stereocenters. The molecule has 0 bridgehead atoms. The highest BCUT2D eigenvalue weighted by Crippen LogP contribution is 2.37. The lowest BCUT2D eigenvalue weighted by molar-refractivity contribution is -0.312. The van der Waals surface area contributed by atoms with E-state index >= 15 is 0 Å². The summed E-state index contributed by atoms with van der Waals surface area (Å²) in [5.74, 6) is -1.03. The van der Waals surface area contributed by atoms with E-state index in [1.165, 1.54) is 6.33 Å². The number of fused-ring (bicyclic) bond motifs is 2. The van der Waals surface area contributed by atoms with Gasteiger partial charge < -0.3 is 25.4 Å². The van der Waals surface area contributed by atoms with Gasteiger partial charge in [0.05, 0.1) is 11.4 Å². The number of aliphatic carboxylic acids is 1. The smallest absolute Gasteiger partial charge is 0.300 e. The van der Waals surface area contributed by atoms with Gasteiger partial charge in [-0.1, -0.05) is 18.2 Å². The number of aromatic nitrogens is 5. The number of hydrogen-bond donors (Lipinski definition) is 2. The Balaban J connectivity index is 1.30. The molecule has 0 amide bonds. The van der Waals surface area contributed by atoms with Gasteiger partial charge in [-0.2, -0.15) is 10.1 Å². The standard InChI is InChI=1S/C27H27N7O3/c1-14-11-15(2)23-20(12-14)32-27(37-23)31-18-7-3-16(4-8-18)22-21-24(28)29-13-30-25(21)34(33-22)19-9-5-17(6-10-19)26(35)36/h3-4,7-8,11-13,17,19H,5-6,9-10H2,1-2H3,(H,31,32)(H,35,36)(H2,28,29,30)/p-1. The van der Waals surface area contributed by atoms with E-state index in [0.29, 0.717) is 54.2 Å². The largest absolute Gasteiger partial charge is 0.550 e. The summed E-state index contributed by atoms with van der Waals surface area (Å²) < 4.78 is 7.81. The molecule has 5 aromatic rings. The Kier molecular flexibility index (Phi) is 5.51. The lowest BCUT2D eigenvalue weighted by atomic mass is 9.86. The second-order valence-corrected chi connectivity index (χ2v) is 9.73. The molecule has 10 nitrogen and oxygen atoms in total. The average Bonchev–Trinajstić information content (AvgIpc) is 3.47. The molecular weight excluding hydrogens is 470 g/mol. The zero-order valence-electron chi connectivity index (χ0n) is 20.6. The van der Waals surface area contributed by atoms with Crippen molar-refractivity contribution < 1.29 is 14.3 Å². The highest BCUT2D eigenvalue weighted by molar-refractivity contribution is 5.98. The van der Waals surface area contributed by atoms with Crippen LogP contribution in [-0.2, 0) is 4.79 Å². The molecule has 1 fully saturated rings. The Morgan fingerprint density at radius 1 is 1.11 bits per heavy atom. The summed E-state index contributed by atoms with van der Waals surface area (Å²) in [6.07, 6.45) is 3.92. The van der Waals surface area contributed by atoms with E-state index in [1.807, 2.05) is 48.9 Å². The van der Waals surface area contributed by atoms with Gasteiger partial charge in [0, 0.05) is 17.2 Å². The number of carbonyl (C=O) groups excluding carboxylic acids is 1. The van der Waals surface area contributed by atoms with E-state index in [2.05, 4.69) is 26.3 Å². The highest BCUT2D eigenvalue weighted by Gasteiger charge is 2.27. The summed E-state index contributed by atoms with van der Waals surface area (Å²) >= 11 is 0. The SMILES string of the molecule is Cc1cc(C)c2oc(Nc3ccc(-c4nn(C5CCC(C(=O)[O-])CC5)c5ncnc(N)c45)cc3)nc2c1. The third-order valence-corrected chi connectivity index (χ3v) is 7.12. The van der Waals surface area contributed by atoms with Crippen LogP contribution in [-0.4, -0.2) is 30.7 Å². The topological polar surface area (TPSA) is 148 Å². The van der Waals surface area contributed by atoms with Crippen molar-refractivity contribution in [1.82, 2.24) is 24.7 Å². The van der Waals surface area contributed by atoms with Crippen LogP contribution < -0.4 is 16.2 Å². The molecule has 10 heteroatoms. The lowest BCUT2D eigenvalue weighted by Gasteiger charge is -2.29. The third-order valence-electron chi connectivity index (χ3n) is 7.12. The van der Waals surface area contributed by atoms with Gasteiger partial charge in [0.1, 0.15) is 23.4 Å². The van der Waals surface area contributed by atoms with Gasteiger partial charge in [-0.25, -0.2) is 14.6 Å². The van der Waals surface area contributed by atoms with Crippen LogP contribution in [0.2, 0.25) is 0 Å². The van der Waals surface area contributed by atoms with Crippen molar-refractivity contribution in [3.8, 4) is 11.3 Å². The third kappa shape index (κ3) is 4.14. The summed E-state index contributed by atoms with van der Waals surface area (Å²) in [7, 11) is 0. The number of carbonyl (C=O) groups is 1. The van der Waals surface area contributed by atoms with Crippen LogP contribution in [0.3, 0.4) is 0 Å². The maximum Gasteiger partial charge on any atom is 0.300 e. The molecule has 0 saturated heterocycles. The van der Waals surface area contributed by atoms with Crippen molar-refractivity contribution in [2.24, 2.45) is 5.92 Å². The van der Waals surface area contributed by atoms with Gasteiger partial charge >= 0.3 is 0 Å². The zero-order valence-corrected chi connectivity index (χ0v) is 20.6. The van der Waals surface area contributed by atoms with E-state index in [4.69, 9.17) is 15.2 Å². The van der Waals surface area contributed by atoms with Crippen molar-refractivity contribution in [3.63, 3.8) is 0 Å². The Hall–Kier alpha value is -4.47. The predicted molar refractivity (Wildman–Crippen MR) is 138 cm³/mol. The molecule has 37 heavy (non-hydrogen) atoms. The minimum Gasteiger partial charge on any atom is -0.550 e. The molecule has 1 saturated carbocycles. The Morgan fingerprint density at radius 3 is 2.59 bits per heavy atom. The first-order valence-electron chi connectivity index (χ1n) is 12.3. The Labute approximate surface area is 212 Å². The number of carboxylic acid groups (broad SMARTS) is 1. The first kappa shape index (κ1) is 23.0. The molecular formula is C27H26N7O3-. The fourth-order valence-corrected chi connectivity index (χ4v) is 5.27. The van der Waals surface area contributed by atoms with Crippen molar-refractivity contribution in [3.05, 3.63) is 53.9 Å². The second-order valence-electron chi connectivity index (χ2n) is 9.73. The van der Waals surface area contributed by atoms with Crippen molar-refractivity contribution in [2.45, 2.75) is 45.6 Å². The van der Waals surface area contributed by atoms with Crippen LogP contribution in [0.5, 0.6) is 0 Å². The second kappa shape index (κ2) is 8.88. The summed E-state index contributed by atoms with van der Waals surface area (Å²) in [5, 5.41) is 20.1. The molecule has 3 aromatic heterocycles. The van der Waals surface area contributed by atoms with Crippen LogP contribution in [0.4, 0.5) is 17.5 Å². The van der Waals surface area contributed by atoms with Gasteiger partial charge in [-0.3, -0.25) is 0 Å². The van der Waals surface area contributed by atoms with Crippen molar-refractivity contribution >= 4 is 45.6 Å².